The average molecular weight is 540 g/mol. The number of aromatic nitrogens is 3. The predicted octanol–water partition coefficient (Wildman–Crippen LogP) is 2.62. The van der Waals surface area contributed by atoms with E-state index in [1.165, 1.54) is 24.7 Å². The van der Waals surface area contributed by atoms with E-state index in [2.05, 4.69) is 19.5 Å². The summed E-state index contributed by atoms with van der Waals surface area (Å²) in [5.41, 5.74) is 2.22. The molecule has 38 heavy (non-hydrogen) atoms. The van der Waals surface area contributed by atoms with Gasteiger partial charge in [-0.2, -0.15) is 8.42 Å². The van der Waals surface area contributed by atoms with Crippen LogP contribution in [0.15, 0.2) is 67.3 Å². The van der Waals surface area contributed by atoms with Crippen LogP contribution in [0.3, 0.4) is 0 Å². The van der Waals surface area contributed by atoms with Gasteiger partial charge >= 0.3 is 10.3 Å². The van der Waals surface area contributed by atoms with Gasteiger partial charge in [0, 0.05) is 35.4 Å². The number of aliphatic hydroxyl groups excluding tert-OH is 1. The second-order valence-corrected chi connectivity index (χ2v) is 10.6. The molecule has 0 saturated heterocycles. The molecule has 0 radical (unpaired) electrons. The van der Waals surface area contributed by atoms with Gasteiger partial charge in [0.05, 0.1) is 24.3 Å². The first kappa shape index (κ1) is 25.9. The van der Waals surface area contributed by atoms with E-state index in [1.54, 1.807) is 12.3 Å². The Bertz CT molecular complexity index is 1590. The van der Waals surface area contributed by atoms with E-state index < -0.39 is 22.4 Å². The van der Waals surface area contributed by atoms with E-state index in [0.717, 1.165) is 16.5 Å². The Morgan fingerprint density at radius 3 is 2.79 bits per heavy atom. The van der Waals surface area contributed by atoms with Crippen LogP contribution in [0.5, 0.6) is 0 Å². The highest BCUT2D eigenvalue weighted by Gasteiger charge is 2.35. The number of para-hydroxylation sites is 1. The van der Waals surface area contributed by atoms with Gasteiger partial charge in [-0.1, -0.05) is 30.3 Å². The Labute approximate surface area is 218 Å². The van der Waals surface area contributed by atoms with Crippen LogP contribution < -0.4 is 10.5 Å². The van der Waals surface area contributed by atoms with Crippen LogP contribution >= 0.6 is 0 Å². The van der Waals surface area contributed by atoms with Crippen LogP contribution in [0.25, 0.3) is 10.9 Å². The number of rotatable bonds is 9. The second-order valence-electron chi connectivity index (χ2n) is 9.36. The minimum absolute atomic E-state index is 0.144. The van der Waals surface area contributed by atoms with Gasteiger partial charge in [0.2, 0.25) is 0 Å². The third-order valence-electron chi connectivity index (χ3n) is 6.65. The number of hydrogen-bond acceptors (Lipinski definition) is 8. The Morgan fingerprint density at radius 1 is 1.18 bits per heavy atom. The molecule has 2 heterocycles. The molecule has 0 amide bonds. The van der Waals surface area contributed by atoms with Crippen molar-refractivity contribution in [3.63, 3.8) is 0 Å². The molecular formula is C26H26FN5O5S. The number of carbonyl (C=O) groups is 1. The summed E-state index contributed by atoms with van der Waals surface area (Å²) in [5, 5.41) is 19.3. The second kappa shape index (κ2) is 10.6. The van der Waals surface area contributed by atoms with Crippen molar-refractivity contribution in [3.05, 3.63) is 89.8 Å². The summed E-state index contributed by atoms with van der Waals surface area (Å²) < 4.78 is 42.6. The molecule has 2 aromatic carbocycles. The molecular weight excluding hydrogens is 513 g/mol. The van der Waals surface area contributed by atoms with Gasteiger partial charge in [-0.3, -0.25) is 8.98 Å². The molecule has 1 aliphatic rings. The number of halogens is 1. The van der Waals surface area contributed by atoms with Crippen molar-refractivity contribution in [1.82, 2.24) is 14.5 Å². The van der Waals surface area contributed by atoms with Gasteiger partial charge in [0.25, 0.3) is 0 Å². The number of anilines is 1. The molecule has 3 atom stereocenters. The zero-order valence-electron chi connectivity index (χ0n) is 20.2. The summed E-state index contributed by atoms with van der Waals surface area (Å²) in [4.78, 5) is 22.1. The topological polar surface area (TPSA) is 149 Å². The molecule has 1 saturated carbocycles. The lowest BCUT2D eigenvalue weighted by molar-refractivity contribution is 0.103. The van der Waals surface area contributed by atoms with Crippen molar-refractivity contribution in [2.45, 2.75) is 31.5 Å². The van der Waals surface area contributed by atoms with Crippen LogP contribution in [0.2, 0.25) is 0 Å². The van der Waals surface area contributed by atoms with Crippen molar-refractivity contribution < 1.29 is 26.9 Å². The quantitative estimate of drug-likeness (QED) is 0.275. The largest absolute Gasteiger partial charge is 0.391 e. The van der Waals surface area contributed by atoms with Gasteiger partial charge < -0.3 is 15.0 Å². The van der Waals surface area contributed by atoms with Gasteiger partial charge in [-0.25, -0.2) is 19.5 Å². The fraction of sp³-hybridized carbons (Fsp3) is 0.269. The number of hydrogen-bond donors (Lipinski definition) is 3. The normalized spacial score (nSPS) is 19.6. The minimum atomic E-state index is -4.08. The standard InChI is InChI=1S/C26H26FN5O5S/c27-18-5-3-4-16(8-18)12-32-13-21(19-6-1-2-7-23(19)32)25(34)20-11-29-15-30-26(20)31-22-9-17(10-24(22)33)14-37-38(28,35)36/h1-8,11,13,15,17,22,24,33H,9-10,12,14H2,(H2,28,35,36)(H,29,30,31)/t17-,22+,24+/m0/s1. The van der Waals surface area contributed by atoms with Crippen LogP contribution in [-0.2, 0) is 21.0 Å². The Hall–Kier alpha value is -3.71. The highest BCUT2D eigenvalue weighted by molar-refractivity contribution is 7.84. The first-order valence-electron chi connectivity index (χ1n) is 12.0. The zero-order valence-corrected chi connectivity index (χ0v) is 21.0. The summed E-state index contributed by atoms with van der Waals surface area (Å²) >= 11 is 0. The maximum Gasteiger partial charge on any atom is 0.333 e. The molecule has 12 heteroatoms. The lowest BCUT2D eigenvalue weighted by atomic mass is 10.0. The maximum absolute atomic E-state index is 13.8. The first-order chi connectivity index (χ1) is 18.2. The molecule has 4 N–H and O–H groups in total. The SMILES string of the molecule is NS(=O)(=O)OC[C@@H]1C[C@@H](O)[C@H](Nc2ncncc2C(=O)c2cn(Cc3cccc(F)c3)c3ccccc23)C1. The molecule has 10 nitrogen and oxygen atoms in total. The number of carbonyl (C=O) groups excluding carboxylic acids is 1. The average Bonchev–Trinajstić information content (AvgIpc) is 3.42. The third-order valence-corrected chi connectivity index (χ3v) is 7.11. The lowest BCUT2D eigenvalue weighted by Crippen LogP contribution is -2.29. The Kier molecular flexibility index (Phi) is 7.21. The van der Waals surface area contributed by atoms with Gasteiger partial charge in [-0.15, -0.1) is 0 Å². The summed E-state index contributed by atoms with van der Waals surface area (Å²) in [7, 11) is -4.08. The smallest absolute Gasteiger partial charge is 0.333 e. The van der Waals surface area contributed by atoms with Gasteiger partial charge in [-0.05, 0) is 42.5 Å². The highest BCUT2D eigenvalue weighted by atomic mass is 32.2. The van der Waals surface area contributed by atoms with Crippen LogP contribution in [-0.4, -0.2) is 52.6 Å². The third kappa shape index (κ3) is 5.73. The van der Waals surface area contributed by atoms with Crippen molar-refractivity contribution in [1.29, 1.82) is 0 Å². The molecule has 2 aromatic heterocycles. The van der Waals surface area contributed by atoms with Gasteiger partial charge in [0.1, 0.15) is 18.0 Å². The van der Waals surface area contributed by atoms with Crippen molar-refractivity contribution in [3.8, 4) is 0 Å². The van der Waals surface area contributed by atoms with E-state index in [4.69, 9.17) is 5.14 Å². The molecule has 0 aliphatic heterocycles. The number of aliphatic hydroxyl groups is 1. The van der Waals surface area contributed by atoms with Crippen molar-refractivity contribution >= 4 is 32.8 Å². The summed E-state index contributed by atoms with van der Waals surface area (Å²) in [6.07, 6.45) is 4.33. The first-order valence-corrected chi connectivity index (χ1v) is 13.4. The maximum atomic E-state index is 13.8. The van der Waals surface area contributed by atoms with E-state index in [1.807, 2.05) is 34.9 Å². The van der Waals surface area contributed by atoms with E-state index >= 15 is 0 Å². The summed E-state index contributed by atoms with van der Waals surface area (Å²) in [6.45, 7) is 0.229. The molecule has 198 valence electrons. The Balaban J connectivity index is 1.41. The highest BCUT2D eigenvalue weighted by Crippen LogP contribution is 2.31. The summed E-state index contributed by atoms with van der Waals surface area (Å²) in [6, 6.07) is 13.3. The predicted molar refractivity (Wildman–Crippen MR) is 138 cm³/mol. The molecule has 0 unspecified atom stereocenters. The lowest BCUT2D eigenvalue weighted by Gasteiger charge is -2.18. The number of benzene rings is 2. The fourth-order valence-electron chi connectivity index (χ4n) is 4.92. The molecule has 1 fully saturated rings. The van der Waals surface area contributed by atoms with E-state index in [-0.39, 0.29) is 35.5 Å². The van der Waals surface area contributed by atoms with Crippen LogP contribution in [0.4, 0.5) is 10.2 Å². The molecule has 5 rings (SSSR count). The fourth-order valence-corrected chi connectivity index (χ4v) is 5.30. The van der Waals surface area contributed by atoms with Crippen LogP contribution in [0, 0.1) is 11.7 Å². The molecule has 0 bridgehead atoms. The molecule has 1 aliphatic carbocycles. The minimum Gasteiger partial charge on any atom is -0.391 e. The molecule has 4 aromatic rings. The van der Waals surface area contributed by atoms with Crippen molar-refractivity contribution in [2.75, 3.05) is 11.9 Å². The van der Waals surface area contributed by atoms with Crippen molar-refractivity contribution in [2.24, 2.45) is 11.1 Å². The number of fused-ring (bicyclic) bond motifs is 1. The van der Waals surface area contributed by atoms with Gasteiger partial charge in [0.15, 0.2) is 5.78 Å². The molecule has 0 spiro atoms. The van der Waals surface area contributed by atoms with E-state index in [9.17, 15) is 22.7 Å². The monoisotopic (exact) mass is 539 g/mol. The number of ketones is 1. The van der Waals surface area contributed by atoms with Crippen LogP contribution in [0.1, 0.15) is 34.3 Å². The number of nitrogens with zero attached hydrogens (tertiary/aromatic N) is 3. The number of nitrogens with one attached hydrogen (secondary N) is 1. The zero-order chi connectivity index (χ0) is 26.9. The van der Waals surface area contributed by atoms with E-state index in [0.29, 0.717) is 24.9 Å². The number of nitrogens with two attached hydrogens (primary N) is 1. The Morgan fingerprint density at radius 2 is 2.00 bits per heavy atom. The summed E-state index contributed by atoms with van der Waals surface area (Å²) in [5.74, 6) is -0.643.